The number of hydrogen-bond acceptors (Lipinski definition) is 3. The molecule has 1 fully saturated rings. The van der Waals surface area contributed by atoms with Crippen LogP contribution in [0.4, 0.5) is 13.2 Å². The number of hydrazine groups is 1. The van der Waals surface area contributed by atoms with Gasteiger partial charge in [0.15, 0.2) is 0 Å². The summed E-state index contributed by atoms with van der Waals surface area (Å²) in [6.45, 7) is 1.70. The van der Waals surface area contributed by atoms with Crippen LogP contribution in [0.5, 0.6) is 0 Å². The fourth-order valence-electron chi connectivity index (χ4n) is 3.32. The molecular formula is C20H19F3N4O. The van der Waals surface area contributed by atoms with Gasteiger partial charge in [0.25, 0.3) is 5.91 Å². The van der Waals surface area contributed by atoms with Gasteiger partial charge in [-0.05, 0) is 43.2 Å². The zero-order chi connectivity index (χ0) is 19.7. The lowest BCUT2D eigenvalue weighted by molar-refractivity contribution is -0.137. The van der Waals surface area contributed by atoms with Gasteiger partial charge in [0.1, 0.15) is 5.82 Å². The fourth-order valence-corrected chi connectivity index (χ4v) is 3.32. The Kier molecular flexibility index (Phi) is 4.80. The van der Waals surface area contributed by atoms with E-state index in [1.165, 1.54) is 12.5 Å². The molecule has 0 atom stereocenters. The Hall–Kier alpha value is -2.87. The molecule has 3 aromatic rings. The number of rotatable bonds is 3. The van der Waals surface area contributed by atoms with E-state index in [0.717, 1.165) is 38.1 Å². The molecule has 4 rings (SSSR count). The third kappa shape index (κ3) is 3.87. The van der Waals surface area contributed by atoms with Crippen molar-refractivity contribution in [3.8, 4) is 11.4 Å². The standard InChI is InChI=1S/C20H19F3N4O/c21-20(22,23)15-8-9-16-17(12-15)25-18(24-16)13-4-6-14(7-5-13)19(28)26-27-10-2-1-3-11-27/h4-9,12H,1-3,10-11H2,(H,24,25)(H,26,28). The summed E-state index contributed by atoms with van der Waals surface area (Å²) in [6.07, 6.45) is -1.07. The molecule has 1 aliphatic rings. The number of aromatic nitrogens is 2. The van der Waals surface area contributed by atoms with Crippen molar-refractivity contribution in [1.82, 2.24) is 20.4 Å². The second-order valence-electron chi connectivity index (χ2n) is 6.88. The predicted octanol–water partition coefficient (Wildman–Crippen LogP) is 4.38. The molecule has 0 bridgehead atoms. The van der Waals surface area contributed by atoms with Gasteiger partial charge in [-0.2, -0.15) is 13.2 Å². The SMILES string of the molecule is O=C(NN1CCCCC1)c1ccc(-c2nc3ccc(C(F)(F)F)cc3[nH]2)cc1. The molecule has 0 aliphatic carbocycles. The van der Waals surface area contributed by atoms with E-state index in [-0.39, 0.29) is 5.91 Å². The molecule has 1 aromatic heterocycles. The molecule has 8 heteroatoms. The van der Waals surface area contributed by atoms with Crippen LogP contribution in [0.1, 0.15) is 35.2 Å². The third-order valence-electron chi connectivity index (χ3n) is 4.85. The Balaban J connectivity index is 1.52. The number of carbonyl (C=O) groups is 1. The monoisotopic (exact) mass is 388 g/mol. The normalized spacial score (nSPS) is 15.7. The quantitative estimate of drug-likeness (QED) is 0.700. The number of amides is 1. The lowest BCUT2D eigenvalue weighted by atomic mass is 10.1. The van der Waals surface area contributed by atoms with Gasteiger partial charge in [-0.25, -0.2) is 9.99 Å². The molecule has 1 saturated heterocycles. The first-order valence-electron chi connectivity index (χ1n) is 9.13. The first-order valence-corrected chi connectivity index (χ1v) is 9.13. The number of aromatic amines is 1. The number of hydrogen-bond donors (Lipinski definition) is 2. The minimum atomic E-state index is -4.40. The Bertz CT molecular complexity index is 989. The number of alkyl halides is 3. The van der Waals surface area contributed by atoms with E-state index in [2.05, 4.69) is 15.4 Å². The maximum Gasteiger partial charge on any atom is 0.416 e. The van der Waals surface area contributed by atoms with Crippen molar-refractivity contribution in [1.29, 1.82) is 0 Å². The van der Waals surface area contributed by atoms with E-state index in [1.54, 1.807) is 24.3 Å². The maximum absolute atomic E-state index is 12.9. The lowest BCUT2D eigenvalue weighted by Crippen LogP contribution is -2.45. The summed E-state index contributed by atoms with van der Waals surface area (Å²) < 4.78 is 38.6. The molecule has 28 heavy (non-hydrogen) atoms. The first-order chi connectivity index (χ1) is 13.4. The van der Waals surface area contributed by atoms with Crippen molar-refractivity contribution in [2.24, 2.45) is 0 Å². The average Bonchev–Trinajstić information content (AvgIpc) is 3.11. The summed E-state index contributed by atoms with van der Waals surface area (Å²) in [7, 11) is 0. The third-order valence-corrected chi connectivity index (χ3v) is 4.85. The van der Waals surface area contributed by atoms with Gasteiger partial charge in [-0.3, -0.25) is 10.2 Å². The number of nitrogens with one attached hydrogen (secondary N) is 2. The molecule has 1 amide bonds. The van der Waals surface area contributed by atoms with Crippen molar-refractivity contribution in [2.75, 3.05) is 13.1 Å². The van der Waals surface area contributed by atoms with E-state index in [0.29, 0.717) is 28.0 Å². The molecule has 1 aliphatic heterocycles. The number of piperidine rings is 1. The number of halogens is 3. The van der Waals surface area contributed by atoms with E-state index < -0.39 is 11.7 Å². The molecule has 0 unspecified atom stereocenters. The minimum absolute atomic E-state index is 0.173. The van der Waals surface area contributed by atoms with Gasteiger partial charge in [0.05, 0.1) is 16.6 Å². The highest BCUT2D eigenvalue weighted by molar-refractivity contribution is 5.94. The Morgan fingerprint density at radius 3 is 2.43 bits per heavy atom. The molecule has 2 heterocycles. The number of carbonyl (C=O) groups excluding carboxylic acids is 1. The minimum Gasteiger partial charge on any atom is -0.338 e. The van der Waals surface area contributed by atoms with Gasteiger partial charge >= 0.3 is 6.18 Å². The van der Waals surface area contributed by atoms with Crippen LogP contribution in [0.25, 0.3) is 22.4 Å². The molecule has 2 aromatic carbocycles. The first kappa shape index (κ1) is 18.5. The van der Waals surface area contributed by atoms with Crippen molar-refractivity contribution in [2.45, 2.75) is 25.4 Å². The van der Waals surface area contributed by atoms with Gasteiger partial charge in [0, 0.05) is 24.2 Å². The summed E-state index contributed by atoms with van der Waals surface area (Å²) in [5, 5.41) is 1.93. The van der Waals surface area contributed by atoms with E-state index in [9.17, 15) is 18.0 Å². The van der Waals surface area contributed by atoms with Gasteiger partial charge in [-0.15, -0.1) is 0 Å². The highest BCUT2D eigenvalue weighted by Gasteiger charge is 2.30. The van der Waals surface area contributed by atoms with E-state index in [1.807, 2.05) is 5.01 Å². The number of imidazole rings is 1. The largest absolute Gasteiger partial charge is 0.416 e. The highest BCUT2D eigenvalue weighted by atomic mass is 19.4. The molecule has 146 valence electrons. The second kappa shape index (κ2) is 7.27. The summed E-state index contributed by atoms with van der Waals surface area (Å²) in [5.41, 5.74) is 4.16. The lowest BCUT2D eigenvalue weighted by Gasteiger charge is -2.26. The van der Waals surface area contributed by atoms with Crippen LogP contribution >= 0.6 is 0 Å². The topological polar surface area (TPSA) is 61.0 Å². The number of fused-ring (bicyclic) bond motifs is 1. The molecule has 0 saturated carbocycles. The second-order valence-corrected chi connectivity index (χ2v) is 6.88. The van der Waals surface area contributed by atoms with Gasteiger partial charge in [-0.1, -0.05) is 18.6 Å². The van der Waals surface area contributed by atoms with E-state index >= 15 is 0 Å². The van der Waals surface area contributed by atoms with Crippen molar-refractivity contribution in [3.63, 3.8) is 0 Å². The summed E-state index contributed by atoms with van der Waals surface area (Å²) in [6, 6.07) is 10.2. The number of H-pyrrole nitrogens is 1. The van der Waals surface area contributed by atoms with Crippen molar-refractivity contribution in [3.05, 3.63) is 53.6 Å². The highest BCUT2D eigenvalue weighted by Crippen LogP contribution is 2.31. The van der Waals surface area contributed by atoms with Crippen LogP contribution in [0.2, 0.25) is 0 Å². The van der Waals surface area contributed by atoms with Crippen molar-refractivity contribution >= 4 is 16.9 Å². The zero-order valence-corrected chi connectivity index (χ0v) is 15.0. The Labute approximate surface area is 159 Å². The van der Waals surface area contributed by atoms with Gasteiger partial charge < -0.3 is 4.98 Å². The van der Waals surface area contributed by atoms with Gasteiger partial charge in [0.2, 0.25) is 0 Å². The molecule has 2 N–H and O–H groups in total. The fraction of sp³-hybridized carbons (Fsp3) is 0.300. The summed E-state index contributed by atoms with van der Waals surface area (Å²) >= 11 is 0. The Morgan fingerprint density at radius 2 is 1.75 bits per heavy atom. The van der Waals surface area contributed by atoms with Crippen molar-refractivity contribution < 1.29 is 18.0 Å². The summed E-state index contributed by atoms with van der Waals surface area (Å²) in [4.78, 5) is 19.6. The number of benzene rings is 2. The molecule has 5 nitrogen and oxygen atoms in total. The van der Waals surface area contributed by atoms with Crippen LogP contribution in [-0.4, -0.2) is 34.0 Å². The molecular weight excluding hydrogens is 369 g/mol. The van der Waals surface area contributed by atoms with Crippen LogP contribution < -0.4 is 5.43 Å². The van der Waals surface area contributed by atoms with E-state index in [4.69, 9.17) is 0 Å². The number of nitrogens with zero attached hydrogens (tertiary/aromatic N) is 2. The van der Waals surface area contributed by atoms with Crippen LogP contribution in [-0.2, 0) is 6.18 Å². The molecule has 0 spiro atoms. The Morgan fingerprint density at radius 1 is 1.04 bits per heavy atom. The smallest absolute Gasteiger partial charge is 0.338 e. The maximum atomic E-state index is 12.9. The predicted molar refractivity (Wildman–Crippen MR) is 99.4 cm³/mol. The van der Waals surface area contributed by atoms with Crippen LogP contribution in [0.3, 0.4) is 0 Å². The average molecular weight is 388 g/mol. The van der Waals surface area contributed by atoms with Crippen LogP contribution in [0.15, 0.2) is 42.5 Å². The summed E-state index contributed by atoms with van der Waals surface area (Å²) in [5.74, 6) is 0.283. The zero-order valence-electron chi connectivity index (χ0n) is 15.0. The van der Waals surface area contributed by atoms with Crippen LogP contribution in [0, 0.1) is 0 Å². The molecule has 0 radical (unpaired) electrons.